The number of nitrogens with two attached hydrogens (primary N) is 1. The zero-order valence-electron chi connectivity index (χ0n) is 19.5. The number of benzene rings is 1. The van der Waals surface area contributed by atoms with Gasteiger partial charge >= 0.3 is 6.03 Å². The molecular weight excluding hydrogens is 418 g/mol. The van der Waals surface area contributed by atoms with Gasteiger partial charge in [0.05, 0.1) is 0 Å². The number of carbonyl (C=O) groups excluding carboxylic acids is 3. The Hall–Kier alpha value is -3.03. The van der Waals surface area contributed by atoms with Gasteiger partial charge in [0.2, 0.25) is 11.8 Å². The van der Waals surface area contributed by atoms with Gasteiger partial charge in [-0.15, -0.1) is 0 Å². The Morgan fingerprint density at radius 2 is 1.85 bits per heavy atom. The highest BCUT2D eigenvalue weighted by molar-refractivity contribution is 5.96. The predicted octanol–water partition coefficient (Wildman–Crippen LogP) is 2.65. The van der Waals surface area contributed by atoms with Gasteiger partial charge < -0.3 is 26.7 Å². The SMILES string of the molecule is CC(C)[C@H](NC(=O)[C@@]1(NC(=O)NC2CCCCC2)CCc2[nH]c3ccccc3c2C1)C(N)=O. The fourth-order valence-electron chi connectivity index (χ4n) is 5.29. The second kappa shape index (κ2) is 9.45. The number of amides is 4. The van der Waals surface area contributed by atoms with E-state index in [0.29, 0.717) is 19.3 Å². The summed E-state index contributed by atoms with van der Waals surface area (Å²) in [5.74, 6) is -1.11. The van der Waals surface area contributed by atoms with Crippen LogP contribution in [0.25, 0.3) is 10.9 Å². The number of aryl methyl sites for hydroxylation is 1. The van der Waals surface area contributed by atoms with Crippen LogP contribution in [0.5, 0.6) is 0 Å². The molecule has 0 radical (unpaired) electrons. The number of primary amides is 1. The van der Waals surface area contributed by atoms with E-state index in [1.54, 1.807) is 0 Å². The average molecular weight is 454 g/mol. The van der Waals surface area contributed by atoms with Crippen LogP contribution in [0.1, 0.15) is 63.6 Å². The molecule has 6 N–H and O–H groups in total. The molecule has 0 bridgehead atoms. The minimum absolute atomic E-state index is 0.125. The van der Waals surface area contributed by atoms with E-state index in [1.807, 2.05) is 38.1 Å². The summed E-state index contributed by atoms with van der Waals surface area (Å²) in [6, 6.07) is 6.97. The van der Waals surface area contributed by atoms with E-state index in [4.69, 9.17) is 5.73 Å². The molecule has 1 saturated carbocycles. The van der Waals surface area contributed by atoms with Crippen LogP contribution in [0.3, 0.4) is 0 Å². The molecule has 1 aromatic carbocycles. The van der Waals surface area contributed by atoms with Crippen molar-refractivity contribution >= 4 is 28.7 Å². The van der Waals surface area contributed by atoms with E-state index in [9.17, 15) is 14.4 Å². The molecule has 4 amide bonds. The number of para-hydroxylation sites is 1. The highest BCUT2D eigenvalue weighted by Crippen LogP contribution is 2.34. The average Bonchev–Trinajstić information content (AvgIpc) is 3.15. The Morgan fingerprint density at radius 1 is 1.12 bits per heavy atom. The van der Waals surface area contributed by atoms with E-state index >= 15 is 0 Å². The normalized spacial score (nSPS) is 21.9. The number of carbonyl (C=O) groups is 3. The molecule has 0 spiro atoms. The van der Waals surface area contributed by atoms with Gasteiger partial charge in [-0.2, -0.15) is 0 Å². The highest BCUT2D eigenvalue weighted by atomic mass is 16.2. The van der Waals surface area contributed by atoms with Crippen molar-refractivity contribution in [3.8, 4) is 0 Å². The molecule has 2 aromatic rings. The van der Waals surface area contributed by atoms with Gasteiger partial charge in [-0.3, -0.25) is 9.59 Å². The van der Waals surface area contributed by atoms with E-state index in [1.165, 1.54) is 6.42 Å². The quantitative estimate of drug-likeness (QED) is 0.461. The van der Waals surface area contributed by atoms with Crippen molar-refractivity contribution < 1.29 is 14.4 Å². The van der Waals surface area contributed by atoms with Crippen molar-refractivity contribution in [2.45, 2.75) is 82.8 Å². The first-order chi connectivity index (χ1) is 15.8. The summed E-state index contributed by atoms with van der Waals surface area (Å²) in [5, 5.41) is 9.99. The number of hydrogen-bond acceptors (Lipinski definition) is 3. The van der Waals surface area contributed by atoms with E-state index in [0.717, 1.165) is 47.8 Å². The molecule has 1 fully saturated rings. The van der Waals surface area contributed by atoms with Gasteiger partial charge in [0.1, 0.15) is 11.6 Å². The van der Waals surface area contributed by atoms with Gasteiger partial charge in [0.15, 0.2) is 0 Å². The van der Waals surface area contributed by atoms with Crippen molar-refractivity contribution in [1.82, 2.24) is 20.9 Å². The molecule has 178 valence electrons. The maximum Gasteiger partial charge on any atom is 0.315 e. The number of fused-ring (bicyclic) bond motifs is 3. The Morgan fingerprint density at radius 3 is 2.55 bits per heavy atom. The molecule has 0 saturated heterocycles. The number of rotatable bonds is 6. The van der Waals surface area contributed by atoms with E-state index < -0.39 is 17.5 Å². The van der Waals surface area contributed by atoms with Crippen LogP contribution in [0.15, 0.2) is 24.3 Å². The third-order valence-electron chi connectivity index (χ3n) is 7.17. The van der Waals surface area contributed by atoms with Crippen LogP contribution < -0.4 is 21.7 Å². The van der Waals surface area contributed by atoms with Gasteiger partial charge in [-0.05, 0) is 43.2 Å². The van der Waals surface area contributed by atoms with Crippen LogP contribution in [-0.2, 0) is 22.4 Å². The number of nitrogens with one attached hydrogen (secondary N) is 4. The molecule has 8 heteroatoms. The summed E-state index contributed by atoms with van der Waals surface area (Å²) in [7, 11) is 0. The van der Waals surface area contributed by atoms with Gasteiger partial charge in [-0.1, -0.05) is 51.3 Å². The summed E-state index contributed by atoms with van der Waals surface area (Å²) < 4.78 is 0. The van der Waals surface area contributed by atoms with Crippen LogP contribution in [0, 0.1) is 5.92 Å². The van der Waals surface area contributed by atoms with Crippen LogP contribution in [0.2, 0.25) is 0 Å². The Balaban J connectivity index is 1.62. The zero-order valence-corrected chi connectivity index (χ0v) is 19.5. The first kappa shape index (κ1) is 23.1. The fraction of sp³-hybridized carbons (Fsp3) is 0.560. The molecule has 0 unspecified atom stereocenters. The monoisotopic (exact) mass is 453 g/mol. The topological polar surface area (TPSA) is 129 Å². The van der Waals surface area contributed by atoms with Crippen molar-refractivity contribution in [3.05, 3.63) is 35.5 Å². The van der Waals surface area contributed by atoms with Gasteiger partial charge in [0.25, 0.3) is 0 Å². The molecule has 4 rings (SSSR count). The minimum atomic E-state index is -1.17. The predicted molar refractivity (Wildman–Crippen MR) is 128 cm³/mol. The van der Waals surface area contributed by atoms with Crippen molar-refractivity contribution in [3.63, 3.8) is 0 Å². The first-order valence-corrected chi connectivity index (χ1v) is 12.1. The lowest BCUT2D eigenvalue weighted by molar-refractivity contribution is -0.132. The summed E-state index contributed by atoms with van der Waals surface area (Å²) in [4.78, 5) is 42.2. The first-order valence-electron chi connectivity index (χ1n) is 12.1. The third kappa shape index (κ3) is 4.84. The van der Waals surface area contributed by atoms with E-state index in [-0.39, 0.29) is 23.9 Å². The van der Waals surface area contributed by atoms with Crippen molar-refractivity contribution in [2.75, 3.05) is 0 Å². The molecule has 33 heavy (non-hydrogen) atoms. The highest BCUT2D eigenvalue weighted by Gasteiger charge is 2.45. The maximum atomic E-state index is 13.7. The minimum Gasteiger partial charge on any atom is -0.368 e. The Labute approximate surface area is 194 Å². The lowest BCUT2D eigenvalue weighted by Crippen LogP contribution is -2.66. The largest absolute Gasteiger partial charge is 0.368 e. The molecule has 8 nitrogen and oxygen atoms in total. The lowest BCUT2D eigenvalue weighted by atomic mass is 9.78. The number of H-pyrrole nitrogens is 1. The Kier molecular flexibility index (Phi) is 6.63. The Bertz CT molecular complexity index is 1040. The zero-order chi connectivity index (χ0) is 23.6. The summed E-state index contributed by atoms with van der Waals surface area (Å²) in [6.45, 7) is 3.68. The van der Waals surface area contributed by atoms with E-state index in [2.05, 4.69) is 20.9 Å². The molecule has 2 aliphatic rings. The second-order valence-electron chi connectivity index (χ2n) is 9.92. The molecule has 2 atom stereocenters. The second-order valence-corrected chi connectivity index (χ2v) is 9.92. The van der Waals surface area contributed by atoms with Crippen molar-refractivity contribution in [2.24, 2.45) is 11.7 Å². The standard InChI is InChI=1S/C25H35N5O3/c1-15(2)21(22(26)31)29-23(32)25(30-24(33)27-16-8-4-3-5-9-16)13-12-20-18(14-25)17-10-6-7-11-19(17)28-20/h6-7,10-11,15-16,21,28H,3-5,8-9,12-14H2,1-2H3,(H2,26,31)(H,29,32)(H2,27,30,33)/t21-,25+/m0/s1. The number of aromatic nitrogens is 1. The maximum absolute atomic E-state index is 13.7. The van der Waals surface area contributed by atoms with Crippen LogP contribution in [-0.4, -0.2) is 40.5 Å². The molecular formula is C25H35N5O3. The molecule has 2 aliphatic carbocycles. The molecule has 1 heterocycles. The summed E-state index contributed by atoms with van der Waals surface area (Å²) in [5.41, 5.74) is 7.53. The van der Waals surface area contributed by atoms with Gasteiger partial charge in [-0.25, -0.2) is 4.79 Å². The smallest absolute Gasteiger partial charge is 0.315 e. The fourth-order valence-corrected chi connectivity index (χ4v) is 5.29. The van der Waals surface area contributed by atoms with Crippen molar-refractivity contribution in [1.29, 1.82) is 0 Å². The summed E-state index contributed by atoms with van der Waals surface area (Å²) >= 11 is 0. The summed E-state index contributed by atoms with van der Waals surface area (Å²) in [6.07, 6.45) is 6.70. The number of urea groups is 1. The number of aromatic amines is 1. The van der Waals surface area contributed by atoms with Crippen LogP contribution in [0.4, 0.5) is 4.79 Å². The van der Waals surface area contributed by atoms with Crippen LogP contribution >= 0.6 is 0 Å². The number of hydrogen-bond donors (Lipinski definition) is 5. The lowest BCUT2D eigenvalue weighted by Gasteiger charge is -2.38. The molecule has 0 aliphatic heterocycles. The third-order valence-corrected chi connectivity index (χ3v) is 7.17. The van der Waals surface area contributed by atoms with Gasteiger partial charge in [0, 0.05) is 29.1 Å². The molecule has 1 aromatic heterocycles.